The summed E-state index contributed by atoms with van der Waals surface area (Å²) in [7, 11) is 0. The molecule has 7 heteroatoms. The molecule has 0 spiro atoms. The molecule has 3 rings (SSSR count). The van der Waals surface area contributed by atoms with E-state index in [2.05, 4.69) is 25.5 Å². The van der Waals surface area contributed by atoms with Gasteiger partial charge in [-0.15, -0.1) is 5.10 Å². The van der Waals surface area contributed by atoms with Gasteiger partial charge in [0, 0.05) is 18.7 Å². The van der Waals surface area contributed by atoms with E-state index in [0.29, 0.717) is 23.0 Å². The Morgan fingerprint density at radius 2 is 2.00 bits per heavy atom. The summed E-state index contributed by atoms with van der Waals surface area (Å²) >= 11 is 0. The molecule has 3 heterocycles. The third-order valence-corrected chi connectivity index (χ3v) is 2.15. The maximum Gasteiger partial charge on any atom is 0.323 e. The van der Waals surface area contributed by atoms with Crippen LogP contribution in [0.5, 0.6) is 0 Å². The van der Waals surface area contributed by atoms with E-state index in [1.54, 1.807) is 13.1 Å². The van der Waals surface area contributed by atoms with Crippen molar-refractivity contribution in [2.45, 2.75) is 13.8 Å². The van der Waals surface area contributed by atoms with Crippen LogP contribution in [0, 0.1) is 13.8 Å². The van der Waals surface area contributed by atoms with Crippen molar-refractivity contribution in [3.8, 4) is 0 Å². The molecule has 0 saturated carbocycles. The van der Waals surface area contributed by atoms with Gasteiger partial charge < -0.3 is 8.83 Å². The van der Waals surface area contributed by atoms with Gasteiger partial charge in [-0.05, 0) is 6.92 Å². The molecule has 3 aromatic heterocycles. The van der Waals surface area contributed by atoms with E-state index in [9.17, 15) is 0 Å². The number of anilines is 2. The Morgan fingerprint density at radius 1 is 1.12 bits per heavy atom. The van der Waals surface area contributed by atoms with Crippen LogP contribution in [0.2, 0.25) is 0 Å². The minimum atomic E-state index is 0.249. The molecule has 1 N–H and O–H groups in total. The third kappa shape index (κ3) is 1.82. The van der Waals surface area contributed by atoms with Gasteiger partial charge in [0.05, 0.1) is 6.20 Å². The Balaban J connectivity index is 1.95. The first-order valence-corrected chi connectivity index (χ1v) is 5.01. The summed E-state index contributed by atoms with van der Waals surface area (Å²) in [6.45, 7) is 3.59. The lowest BCUT2D eigenvalue weighted by Gasteiger charge is -1.91. The number of hydrogen-bond donors (Lipinski definition) is 1. The van der Waals surface area contributed by atoms with Crippen molar-refractivity contribution in [2.24, 2.45) is 0 Å². The average molecular weight is 231 g/mol. The summed E-state index contributed by atoms with van der Waals surface area (Å²) in [4.78, 5) is 8.32. The molecule has 0 saturated heterocycles. The summed E-state index contributed by atoms with van der Waals surface area (Å²) < 4.78 is 10.6. The second kappa shape index (κ2) is 3.55. The van der Waals surface area contributed by atoms with E-state index >= 15 is 0 Å². The molecular weight excluding hydrogens is 222 g/mol. The highest BCUT2D eigenvalue weighted by molar-refractivity contribution is 5.74. The molecule has 0 aliphatic heterocycles. The Labute approximate surface area is 95.9 Å². The molecule has 0 amide bonds. The summed E-state index contributed by atoms with van der Waals surface area (Å²) in [5, 5.41) is 10.3. The maximum atomic E-state index is 5.47. The van der Waals surface area contributed by atoms with E-state index in [1.807, 2.05) is 13.0 Å². The van der Waals surface area contributed by atoms with Crippen LogP contribution < -0.4 is 5.32 Å². The fraction of sp³-hybridized carbons (Fsp3) is 0.200. The van der Waals surface area contributed by atoms with E-state index < -0.39 is 0 Å². The molecule has 0 fully saturated rings. The maximum absolute atomic E-state index is 5.47. The number of pyridine rings is 1. The minimum Gasteiger partial charge on any atom is -0.423 e. The van der Waals surface area contributed by atoms with Crippen LogP contribution in [0.25, 0.3) is 11.1 Å². The monoisotopic (exact) mass is 231 g/mol. The fourth-order valence-electron chi connectivity index (χ4n) is 1.42. The van der Waals surface area contributed by atoms with Gasteiger partial charge in [0.25, 0.3) is 0 Å². The highest BCUT2D eigenvalue weighted by atomic mass is 16.4. The standard InChI is InChI=1S/C10H9N5O2/c1-5-3-8-7(4-11-5)12-9(17-8)13-10-15-14-6(2)16-10/h3-4H,1-2H3,(H,12,13,15). The van der Waals surface area contributed by atoms with Crippen LogP contribution in [-0.4, -0.2) is 20.2 Å². The zero-order valence-corrected chi connectivity index (χ0v) is 9.26. The molecule has 0 aromatic carbocycles. The Hall–Kier alpha value is -2.44. The van der Waals surface area contributed by atoms with Crippen molar-refractivity contribution in [3.05, 3.63) is 23.8 Å². The van der Waals surface area contributed by atoms with Gasteiger partial charge in [-0.1, -0.05) is 5.10 Å². The quantitative estimate of drug-likeness (QED) is 0.720. The number of aromatic nitrogens is 4. The van der Waals surface area contributed by atoms with Crippen LogP contribution in [0.1, 0.15) is 11.6 Å². The van der Waals surface area contributed by atoms with E-state index in [4.69, 9.17) is 8.83 Å². The zero-order valence-electron chi connectivity index (χ0n) is 9.26. The minimum absolute atomic E-state index is 0.249. The third-order valence-electron chi connectivity index (χ3n) is 2.15. The van der Waals surface area contributed by atoms with Crippen molar-refractivity contribution in [1.29, 1.82) is 0 Å². The second-order valence-corrected chi connectivity index (χ2v) is 3.56. The van der Waals surface area contributed by atoms with Gasteiger partial charge in [-0.3, -0.25) is 10.3 Å². The summed E-state index contributed by atoms with van der Waals surface area (Å²) in [6, 6.07) is 2.36. The van der Waals surface area contributed by atoms with Crippen LogP contribution in [0.4, 0.5) is 12.0 Å². The number of aryl methyl sites for hydroxylation is 2. The Kier molecular flexibility index (Phi) is 2.04. The summed E-state index contributed by atoms with van der Waals surface area (Å²) in [5.41, 5.74) is 2.21. The van der Waals surface area contributed by atoms with Crippen molar-refractivity contribution >= 4 is 23.1 Å². The zero-order chi connectivity index (χ0) is 11.8. The topological polar surface area (TPSA) is 89.9 Å². The van der Waals surface area contributed by atoms with Crippen LogP contribution in [0.3, 0.4) is 0 Å². The van der Waals surface area contributed by atoms with Gasteiger partial charge in [-0.2, -0.15) is 4.98 Å². The normalized spacial score (nSPS) is 10.9. The van der Waals surface area contributed by atoms with Crippen molar-refractivity contribution in [2.75, 3.05) is 5.32 Å². The second-order valence-electron chi connectivity index (χ2n) is 3.56. The smallest absolute Gasteiger partial charge is 0.323 e. The van der Waals surface area contributed by atoms with E-state index in [-0.39, 0.29) is 6.01 Å². The molecule has 86 valence electrons. The fourth-order valence-corrected chi connectivity index (χ4v) is 1.42. The molecule has 0 unspecified atom stereocenters. The average Bonchev–Trinajstić information content (AvgIpc) is 2.84. The lowest BCUT2D eigenvalue weighted by Crippen LogP contribution is -1.89. The molecule has 0 radical (unpaired) electrons. The molecule has 3 aromatic rings. The Bertz CT molecular complexity index is 672. The number of hydrogen-bond acceptors (Lipinski definition) is 7. The van der Waals surface area contributed by atoms with Gasteiger partial charge in [-0.25, -0.2) is 0 Å². The first kappa shape index (κ1) is 9.76. The van der Waals surface area contributed by atoms with Gasteiger partial charge in [0.15, 0.2) is 5.58 Å². The molecule has 7 nitrogen and oxygen atoms in total. The number of fused-ring (bicyclic) bond motifs is 1. The molecular formula is C10H9N5O2. The first-order chi connectivity index (χ1) is 8.20. The van der Waals surface area contributed by atoms with Gasteiger partial charge in [0.2, 0.25) is 5.89 Å². The lowest BCUT2D eigenvalue weighted by molar-refractivity contribution is 0.528. The summed E-state index contributed by atoms with van der Waals surface area (Å²) in [6.07, 6.45) is 1.65. The predicted octanol–water partition coefficient (Wildman–Crippen LogP) is 1.97. The van der Waals surface area contributed by atoms with Crippen molar-refractivity contribution in [1.82, 2.24) is 20.2 Å². The van der Waals surface area contributed by atoms with Crippen LogP contribution >= 0.6 is 0 Å². The Morgan fingerprint density at radius 3 is 2.76 bits per heavy atom. The highest BCUT2D eigenvalue weighted by Crippen LogP contribution is 2.21. The van der Waals surface area contributed by atoms with Crippen LogP contribution in [-0.2, 0) is 0 Å². The molecule has 0 atom stereocenters. The number of nitrogens with zero attached hydrogens (tertiary/aromatic N) is 4. The van der Waals surface area contributed by atoms with E-state index in [1.165, 1.54) is 0 Å². The lowest BCUT2D eigenvalue weighted by atomic mass is 10.3. The van der Waals surface area contributed by atoms with Crippen LogP contribution in [0.15, 0.2) is 21.1 Å². The largest absolute Gasteiger partial charge is 0.423 e. The molecule has 17 heavy (non-hydrogen) atoms. The summed E-state index contributed by atoms with van der Waals surface area (Å²) in [5.74, 6) is 0.473. The van der Waals surface area contributed by atoms with E-state index in [0.717, 1.165) is 5.69 Å². The predicted molar refractivity (Wildman–Crippen MR) is 58.9 cm³/mol. The molecule has 0 aliphatic rings. The molecule has 0 aliphatic carbocycles. The highest BCUT2D eigenvalue weighted by Gasteiger charge is 2.09. The van der Waals surface area contributed by atoms with Gasteiger partial charge >= 0.3 is 12.0 Å². The SMILES string of the molecule is Cc1cc2oc(Nc3nnc(C)o3)nc2cn1. The number of rotatable bonds is 2. The number of oxazole rings is 1. The van der Waals surface area contributed by atoms with Crippen molar-refractivity contribution in [3.63, 3.8) is 0 Å². The van der Waals surface area contributed by atoms with Gasteiger partial charge in [0.1, 0.15) is 5.52 Å². The number of nitrogens with one attached hydrogen (secondary N) is 1. The van der Waals surface area contributed by atoms with Crippen molar-refractivity contribution < 1.29 is 8.83 Å². The first-order valence-electron chi connectivity index (χ1n) is 5.01. The molecule has 0 bridgehead atoms.